The maximum atomic E-state index is 9.50. The third kappa shape index (κ3) is 6.97. The number of aromatic hydroxyl groups is 1. The Morgan fingerprint density at radius 1 is 0.739 bits per heavy atom. The van der Waals surface area contributed by atoms with E-state index >= 15 is 0 Å². The minimum atomic E-state index is 0.371. The molecule has 0 aliphatic heterocycles. The zero-order valence-electron chi connectivity index (χ0n) is 16.0. The molecule has 0 fully saturated rings. The molecule has 0 aliphatic carbocycles. The highest BCUT2D eigenvalue weighted by Crippen LogP contribution is 2.34. The number of hydrogen-bond acceptors (Lipinski definition) is 1. The van der Waals surface area contributed by atoms with Gasteiger partial charge in [-0.1, -0.05) is 66.0 Å². The normalized spacial score (nSPS) is 16.7. The van der Waals surface area contributed by atoms with Gasteiger partial charge < -0.3 is 5.11 Å². The SMILES string of the molecule is CCC(C)CC(CC)CC(CC)CC(CC)c1ccc(O)cc1. The van der Waals surface area contributed by atoms with E-state index in [0.717, 1.165) is 17.8 Å². The van der Waals surface area contributed by atoms with E-state index < -0.39 is 0 Å². The lowest BCUT2D eigenvalue weighted by atomic mass is 9.78. The quantitative estimate of drug-likeness (QED) is 0.459. The number of phenolic OH excluding ortho intramolecular Hbond substituents is 1. The van der Waals surface area contributed by atoms with E-state index in [0.29, 0.717) is 11.7 Å². The maximum absolute atomic E-state index is 9.50. The Balaban J connectivity index is 2.66. The summed E-state index contributed by atoms with van der Waals surface area (Å²) in [6.07, 6.45) is 9.14. The molecule has 23 heavy (non-hydrogen) atoms. The van der Waals surface area contributed by atoms with Gasteiger partial charge in [-0.15, -0.1) is 0 Å². The molecule has 1 heteroatoms. The summed E-state index contributed by atoms with van der Waals surface area (Å²) in [5.41, 5.74) is 1.39. The van der Waals surface area contributed by atoms with E-state index in [1.54, 1.807) is 0 Å². The summed E-state index contributed by atoms with van der Waals surface area (Å²) in [5, 5.41) is 9.50. The van der Waals surface area contributed by atoms with Crippen LogP contribution in [-0.2, 0) is 0 Å². The molecule has 0 amide bonds. The van der Waals surface area contributed by atoms with Crippen molar-refractivity contribution in [3.05, 3.63) is 29.8 Å². The first-order chi connectivity index (χ1) is 11.0. The lowest BCUT2D eigenvalue weighted by molar-refractivity contribution is 0.275. The molecule has 1 aromatic carbocycles. The van der Waals surface area contributed by atoms with E-state index in [-0.39, 0.29) is 0 Å². The Labute approximate surface area is 144 Å². The molecule has 1 nitrogen and oxygen atoms in total. The summed E-state index contributed by atoms with van der Waals surface area (Å²) >= 11 is 0. The predicted molar refractivity (Wildman–Crippen MR) is 102 cm³/mol. The van der Waals surface area contributed by atoms with Crippen LogP contribution in [-0.4, -0.2) is 5.11 Å². The van der Waals surface area contributed by atoms with Gasteiger partial charge >= 0.3 is 0 Å². The van der Waals surface area contributed by atoms with E-state index in [4.69, 9.17) is 0 Å². The summed E-state index contributed by atoms with van der Waals surface area (Å²) in [6.45, 7) is 11.7. The van der Waals surface area contributed by atoms with E-state index in [2.05, 4.69) is 46.8 Å². The molecule has 0 radical (unpaired) electrons. The Bertz CT molecular complexity index is 408. The van der Waals surface area contributed by atoms with E-state index in [1.165, 1.54) is 50.5 Å². The molecule has 0 aromatic heterocycles. The number of hydrogen-bond donors (Lipinski definition) is 1. The lowest BCUT2D eigenvalue weighted by Crippen LogP contribution is -2.14. The number of benzene rings is 1. The second kappa shape index (κ2) is 10.7. The van der Waals surface area contributed by atoms with Gasteiger partial charge in [0.15, 0.2) is 0 Å². The molecule has 0 bridgehead atoms. The van der Waals surface area contributed by atoms with Gasteiger partial charge in [0.05, 0.1) is 0 Å². The zero-order chi connectivity index (χ0) is 17.2. The molecule has 0 saturated carbocycles. The van der Waals surface area contributed by atoms with Gasteiger partial charge in [-0.2, -0.15) is 0 Å². The fourth-order valence-electron chi connectivity index (χ4n) is 3.75. The first-order valence-electron chi connectivity index (χ1n) is 9.82. The summed E-state index contributed by atoms with van der Waals surface area (Å²) in [4.78, 5) is 0. The van der Waals surface area contributed by atoms with Crippen LogP contribution < -0.4 is 0 Å². The molecule has 0 saturated heterocycles. The van der Waals surface area contributed by atoms with Crippen molar-refractivity contribution in [2.75, 3.05) is 0 Å². The molecule has 0 heterocycles. The third-order valence-corrected chi connectivity index (χ3v) is 5.73. The molecule has 132 valence electrons. The van der Waals surface area contributed by atoms with Crippen LogP contribution >= 0.6 is 0 Å². The van der Waals surface area contributed by atoms with Gasteiger partial charge in [0.2, 0.25) is 0 Å². The average molecular weight is 319 g/mol. The second-order valence-corrected chi connectivity index (χ2v) is 7.47. The summed E-state index contributed by atoms with van der Waals surface area (Å²) in [6, 6.07) is 7.87. The van der Waals surface area contributed by atoms with Crippen LogP contribution in [0.5, 0.6) is 5.75 Å². The van der Waals surface area contributed by atoms with Crippen LogP contribution in [0.25, 0.3) is 0 Å². The van der Waals surface area contributed by atoms with Crippen LogP contribution in [0.3, 0.4) is 0 Å². The second-order valence-electron chi connectivity index (χ2n) is 7.47. The number of phenols is 1. The van der Waals surface area contributed by atoms with Crippen molar-refractivity contribution in [1.82, 2.24) is 0 Å². The van der Waals surface area contributed by atoms with Crippen LogP contribution in [0.2, 0.25) is 0 Å². The standard InChI is InChI=1S/C22H38O/c1-6-17(5)14-18(7-2)15-19(8-3)16-20(9-4)21-10-12-22(23)13-11-21/h10-13,17-20,23H,6-9,14-16H2,1-5H3. The Kier molecular flexibility index (Phi) is 9.36. The molecule has 4 atom stereocenters. The monoisotopic (exact) mass is 318 g/mol. The Hall–Kier alpha value is -0.980. The molecule has 1 aromatic rings. The van der Waals surface area contributed by atoms with Gasteiger partial charge in [0.1, 0.15) is 5.75 Å². The van der Waals surface area contributed by atoms with Gasteiger partial charge in [-0.05, 0) is 67.1 Å². The van der Waals surface area contributed by atoms with E-state index in [9.17, 15) is 5.11 Å². The smallest absolute Gasteiger partial charge is 0.115 e. The third-order valence-electron chi connectivity index (χ3n) is 5.73. The predicted octanol–water partition coefficient (Wildman–Crippen LogP) is 7.15. The van der Waals surface area contributed by atoms with Crippen LogP contribution in [0.1, 0.15) is 91.0 Å². The molecule has 1 N–H and O–H groups in total. The van der Waals surface area contributed by atoms with Crippen molar-refractivity contribution >= 4 is 0 Å². The molecular weight excluding hydrogens is 280 g/mol. The fourth-order valence-corrected chi connectivity index (χ4v) is 3.75. The largest absolute Gasteiger partial charge is 0.508 e. The topological polar surface area (TPSA) is 20.2 Å². The van der Waals surface area contributed by atoms with Crippen LogP contribution in [0, 0.1) is 17.8 Å². The minimum absolute atomic E-state index is 0.371. The number of rotatable bonds is 11. The summed E-state index contributed by atoms with van der Waals surface area (Å²) in [5.74, 6) is 3.56. The molecule has 1 rings (SSSR count). The van der Waals surface area contributed by atoms with Crippen molar-refractivity contribution in [2.24, 2.45) is 17.8 Å². The van der Waals surface area contributed by atoms with Crippen molar-refractivity contribution in [3.8, 4) is 5.75 Å². The molecule has 0 spiro atoms. The van der Waals surface area contributed by atoms with Crippen molar-refractivity contribution in [1.29, 1.82) is 0 Å². The van der Waals surface area contributed by atoms with Crippen LogP contribution in [0.4, 0.5) is 0 Å². The molecular formula is C22H38O. The average Bonchev–Trinajstić information content (AvgIpc) is 2.58. The minimum Gasteiger partial charge on any atom is -0.508 e. The Morgan fingerprint density at radius 3 is 1.78 bits per heavy atom. The summed E-state index contributed by atoms with van der Waals surface area (Å²) < 4.78 is 0. The first kappa shape index (κ1) is 20.1. The van der Waals surface area contributed by atoms with Crippen molar-refractivity contribution in [2.45, 2.75) is 85.5 Å². The van der Waals surface area contributed by atoms with Gasteiger partial charge in [0.25, 0.3) is 0 Å². The van der Waals surface area contributed by atoms with Crippen LogP contribution in [0.15, 0.2) is 24.3 Å². The summed E-state index contributed by atoms with van der Waals surface area (Å²) in [7, 11) is 0. The van der Waals surface area contributed by atoms with Gasteiger partial charge in [0, 0.05) is 0 Å². The van der Waals surface area contributed by atoms with Crippen molar-refractivity contribution in [3.63, 3.8) is 0 Å². The molecule has 0 aliphatic rings. The van der Waals surface area contributed by atoms with Gasteiger partial charge in [-0.3, -0.25) is 0 Å². The Morgan fingerprint density at radius 2 is 1.30 bits per heavy atom. The molecule has 4 unspecified atom stereocenters. The van der Waals surface area contributed by atoms with E-state index in [1.807, 2.05) is 12.1 Å². The highest BCUT2D eigenvalue weighted by atomic mass is 16.3. The highest BCUT2D eigenvalue weighted by molar-refractivity contribution is 5.28. The van der Waals surface area contributed by atoms with Crippen molar-refractivity contribution < 1.29 is 5.11 Å². The fraction of sp³-hybridized carbons (Fsp3) is 0.727. The highest BCUT2D eigenvalue weighted by Gasteiger charge is 2.20. The first-order valence-corrected chi connectivity index (χ1v) is 9.82. The maximum Gasteiger partial charge on any atom is 0.115 e. The van der Waals surface area contributed by atoms with Gasteiger partial charge in [-0.25, -0.2) is 0 Å². The zero-order valence-corrected chi connectivity index (χ0v) is 16.0. The lowest BCUT2D eigenvalue weighted by Gasteiger charge is -2.27.